The molecule has 1 saturated heterocycles. The molecule has 3 aromatic carbocycles. The van der Waals surface area contributed by atoms with Gasteiger partial charge in [-0.3, -0.25) is 19.3 Å². The SMILES string of the molecule is Cc1cccc(C)c1NC(=O)c1cccc(N2C(=O)[C@H]3C[C@@H](c4ccccc4)CC[C@H]3C2=O)c1. The normalized spacial score (nSPS) is 21.9. The van der Waals surface area contributed by atoms with Crippen molar-refractivity contribution < 1.29 is 14.4 Å². The van der Waals surface area contributed by atoms with Gasteiger partial charge in [-0.25, -0.2) is 0 Å². The molecule has 1 heterocycles. The van der Waals surface area contributed by atoms with Crippen LogP contribution in [0.4, 0.5) is 11.4 Å². The number of imide groups is 1. The third kappa shape index (κ3) is 3.92. The number of aryl methyl sites for hydroxylation is 2. The van der Waals surface area contributed by atoms with Crippen molar-refractivity contribution in [3.63, 3.8) is 0 Å². The van der Waals surface area contributed by atoms with Gasteiger partial charge in [-0.15, -0.1) is 0 Å². The highest BCUT2D eigenvalue weighted by Gasteiger charge is 2.50. The maximum atomic E-state index is 13.4. The van der Waals surface area contributed by atoms with Crippen molar-refractivity contribution in [3.8, 4) is 0 Å². The van der Waals surface area contributed by atoms with Crippen molar-refractivity contribution in [1.82, 2.24) is 0 Å². The Morgan fingerprint density at radius 3 is 2.24 bits per heavy atom. The molecule has 1 saturated carbocycles. The summed E-state index contributed by atoms with van der Waals surface area (Å²) in [5, 5.41) is 2.98. The van der Waals surface area contributed by atoms with Crippen LogP contribution in [0.3, 0.4) is 0 Å². The smallest absolute Gasteiger partial charge is 0.255 e. The van der Waals surface area contributed by atoms with Crippen LogP contribution in [0.15, 0.2) is 72.8 Å². The average molecular weight is 453 g/mol. The molecule has 3 atom stereocenters. The number of carbonyl (C=O) groups excluding carboxylic acids is 3. The minimum atomic E-state index is -0.307. The van der Waals surface area contributed by atoms with E-state index in [-0.39, 0.29) is 35.5 Å². The summed E-state index contributed by atoms with van der Waals surface area (Å²) in [6.07, 6.45) is 2.29. The first-order valence-electron chi connectivity index (χ1n) is 11.8. The molecule has 34 heavy (non-hydrogen) atoms. The van der Waals surface area contributed by atoms with Crippen LogP contribution in [-0.4, -0.2) is 17.7 Å². The topological polar surface area (TPSA) is 66.5 Å². The van der Waals surface area contributed by atoms with Gasteiger partial charge in [-0.2, -0.15) is 0 Å². The van der Waals surface area contributed by atoms with Gasteiger partial charge >= 0.3 is 0 Å². The molecular formula is C29H28N2O3. The van der Waals surface area contributed by atoms with E-state index in [2.05, 4.69) is 17.4 Å². The van der Waals surface area contributed by atoms with Crippen LogP contribution in [0.25, 0.3) is 0 Å². The Morgan fingerprint density at radius 2 is 1.50 bits per heavy atom. The van der Waals surface area contributed by atoms with E-state index in [0.29, 0.717) is 24.1 Å². The lowest BCUT2D eigenvalue weighted by molar-refractivity contribution is -0.122. The summed E-state index contributed by atoms with van der Waals surface area (Å²) in [7, 11) is 0. The molecule has 5 rings (SSSR count). The van der Waals surface area contributed by atoms with Gasteiger partial charge in [0.25, 0.3) is 5.91 Å². The van der Waals surface area contributed by atoms with Crippen molar-refractivity contribution in [1.29, 1.82) is 0 Å². The molecule has 5 heteroatoms. The Kier molecular flexibility index (Phi) is 5.78. The molecule has 0 unspecified atom stereocenters. The molecule has 3 amide bonds. The summed E-state index contributed by atoms with van der Waals surface area (Å²) in [5.74, 6) is -0.858. The highest BCUT2D eigenvalue weighted by atomic mass is 16.2. The molecule has 1 N–H and O–H groups in total. The van der Waals surface area contributed by atoms with Crippen LogP contribution in [-0.2, 0) is 9.59 Å². The Labute approximate surface area is 199 Å². The van der Waals surface area contributed by atoms with Gasteiger partial charge < -0.3 is 5.32 Å². The number of rotatable bonds is 4. The van der Waals surface area contributed by atoms with Gasteiger partial charge in [0, 0.05) is 11.3 Å². The molecule has 5 nitrogen and oxygen atoms in total. The molecule has 1 aliphatic carbocycles. The molecule has 2 fully saturated rings. The van der Waals surface area contributed by atoms with Gasteiger partial charge in [0.15, 0.2) is 0 Å². The van der Waals surface area contributed by atoms with Crippen LogP contribution in [0, 0.1) is 25.7 Å². The molecule has 0 bridgehead atoms. The first-order chi connectivity index (χ1) is 16.4. The number of anilines is 2. The van der Waals surface area contributed by atoms with Gasteiger partial charge in [-0.05, 0) is 73.9 Å². The lowest BCUT2D eigenvalue weighted by Gasteiger charge is -2.28. The number of hydrogen-bond donors (Lipinski definition) is 1. The number of nitrogens with one attached hydrogen (secondary N) is 1. The van der Waals surface area contributed by atoms with Crippen molar-refractivity contribution in [2.75, 3.05) is 10.2 Å². The number of fused-ring (bicyclic) bond motifs is 1. The van der Waals surface area contributed by atoms with E-state index in [1.54, 1.807) is 24.3 Å². The van der Waals surface area contributed by atoms with Crippen LogP contribution in [0.2, 0.25) is 0 Å². The predicted octanol–water partition coefficient (Wildman–Crippen LogP) is 5.63. The van der Waals surface area contributed by atoms with Crippen molar-refractivity contribution in [2.45, 2.75) is 39.0 Å². The second kappa shape index (κ2) is 8.90. The summed E-state index contributed by atoms with van der Waals surface area (Å²) in [4.78, 5) is 41.0. The average Bonchev–Trinajstić information content (AvgIpc) is 3.11. The zero-order valence-corrected chi connectivity index (χ0v) is 19.5. The fourth-order valence-electron chi connectivity index (χ4n) is 5.45. The second-order valence-electron chi connectivity index (χ2n) is 9.42. The summed E-state index contributed by atoms with van der Waals surface area (Å²) in [6.45, 7) is 3.90. The van der Waals surface area contributed by atoms with Gasteiger partial charge in [-0.1, -0.05) is 54.6 Å². The number of para-hydroxylation sites is 1. The van der Waals surface area contributed by atoms with E-state index >= 15 is 0 Å². The summed E-state index contributed by atoms with van der Waals surface area (Å²) in [5.41, 5.74) is 4.85. The Morgan fingerprint density at radius 1 is 0.824 bits per heavy atom. The number of hydrogen-bond acceptors (Lipinski definition) is 3. The number of carbonyl (C=O) groups is 3. The van der Waals surface area contributed by atoms with E-state index < -0.39 is 0 Å². The highest BCUT2D eigenvalue weighted by molar-refractivity contribution is 6.22. The second-order valence-corrected chi connectivity index (χ2v) is 9.42. The molecule has 172 valence electrons. The summed E-state index contributed by atoms with van der Waals surface area (Å²) < 4.78 is 0. The van der Waals surface area contributed by atoms with E-state index in [4.69, 9.17) is 0 Å². The molecule has 1 aliphatic heterocycles. The largest absolute Gasteiger partial charge is 0.322 e. The monoisotopic (exact) mass is 452 g/mol. The maximum absolute atomic E-state index is 13.4. The first kappa shape index (κ1) is 22.1. The minimum absolute atomic E-state index is 0.145. The fourth-order valence-corrected chi connectivity index (χ4v) is 5.45. The lowest BCUT2D eigenvalue weighted by atomic mass is 9.73. The fraction of sp³-hybridized carbons (Fsp3) is 0.276. The summed E-state index contributed by atoms with van der Waals surface area (Å²) >= 11 is 0. The van der Waals surface area contributed by atoms with Crippen molar-refractivity contribution in [2.24, 2.45) is 11.8 Å². The quantitative estimate of drug-likeness (QED) is 0.522. The van der Waals surface area contributed by atoms with Crippen LogP contribution in [0.5, 0.6) is 0 Å². The van der Waals surface area contributed by atoms with Crippen LogP contribution >= 0.6 is 0 Å². The number of benzene rings is 3. The van der Waals surface area contributed by atoms with Crippen LogP contribution in [0.1, 0.15) is 52.2 Å². The van der Waals surface area contributed by atoms with Crippen molar-refractivity contribution in [3.05, 3.63) is 95.1 Å². The number of nitrogens with zero attached hydrogens (tertiary/aromatic N) is 1. The molecule has 0 radical (unpaired) electrons. The Balaban J connectivity index is 1.37. The minimum Gasteiger partial charge on any atom is -0.322 e. The molecule has 0 spiro atoms. The van der Waals surface area contributed by atoms with Crippen LogP contribution < -0.4 is 10.2 Å². The third-order valence-corrected chi connectivity index (χ3v) is 7.28. The van der Waals surface area contributed by atoms with E-state index in [0.717, 1.165) is 23.2 Å². The highest BCUT2D eigenvalue weighted by Crippen LogP contribution is 2.45. The lowest BCUT2D eigenvalue weighted by Crippen LogP contribution is -2.31. The standard InChI is InChI=1S/C29H28N2O3/c1-18-8-6-9-19(2)26(18)30-27(32)22-12-7-13-23(16-22)31-28(33)24-15-14-21(17-25(24)29(31)34)20-10-4-3-5-11-20/h3-13,16,21,24-25H,14-15,17H2,1-2H3,(H,30,32)/t21-,24+,25-/m0/s1. The Hall–Kier alpha value is -3.73. The zero-order chi connectivity index (χ0) is 23.8. The zero-order valence-electron chi connectivity index (χ0n) is 19.5. The molecule has 3 aromatic rings. The van der Waals surface area contributed by atoms with Crippen molar-refractivity contribution >= 4 is 29.1 Å². The predicted molar refractivity (Wildman–Crippen MR) is 133 cm³/mol. The summed E-state index contributed by atoms with van der Waals surface area (Å²) in [6, 6.07) is 22.9. The first-order valence-corrected chi connectivity index (χ1v) is 11.8. The molecule has 0 aromatic heterocycles. The third-order valence-electron chi connectivity index (χ3n) is 7.28. The maximum Gasteiger partial charge on any atom is 0.255 e. The van der Waals surface area contributed by atoms with E-state index in [9.17, 15) is 14.4 Å². The number of amides is 3. The van der Waals surface area contributed by atoms with E-state index in [1.807, 2.05) is 50.2 Å². The van der Waals surface area contributed by atoms with Gasteiger partial charge in [0.1, 0.15) is 0 Å². The van der Waals surface area contributed by atoms with Gasteiger partial charge in [0.05, 0.1) is 17.5 Å². The molecule has 2 aliphatic rings. The van der Waals surface area contributed by atoms with E-state index in [1.165, 1.54) is 10.5 Å². The Bertz CT molecular complexity index is 1250. The molecular weight excluding hydrogens is 424 g/mol. The van der Waals surface area contributed by atoms with Gasteiger partial charge in [0.2, 0.25) is 11.8 Å².